The summed E-state index contributed by atoms with van der Waals surface area (Å²) >= 11 is 0. The number of hydrogen-bond acceptors (Lipinski definition) is 4. The van der Waals surface area contributed by atoms with Crippen LogP contribution < -0.4 is 0 Å². The van der Waals surface area contributed by atoms with Crippen molar-refractivity contribution in [1.29, 1.82) is 0 Å². The normalized spacial score (nSPS) is 9.00. The lowest BCUT2D eigenvalue weighted by molar-refractivity contribution is -0.387. The van der Waals surface area contributed by atoms with Crippen LogP contribution in [0.4, 0.5) is 10.1 Å². The van der Waals surface area contributed by atoms with E-state index < -0.39 is 16.4 Å². The van der Waals surface area contributed by atoms with E-state index in [9.17, 15) is 19.3 Å². The molecule has 0 saturated heterocycles. The minimum atomic E-state index is -0.935. The van der Waals surface area contributed by atoms with Gasteiger partial charge in [-0.15, -0.1) is 0 Å². The fourth-order valence-electron chi connectivity index (χ4n) is 0.872. The van der Waals surface area contributed by atoms with Crippen LogP contribution in [0.15, 0.2) is 18.2 Å². The molecule has 0 bridgehead atoms. The number of nitrogens with zero attached hydrogens (tertiary/aromatic N) is 1. The Kier molecular flexibility index (Phi) is 5.87. The molecule has 0 radical (unpaired) electrons. The van der Waals surface area contributed by atoms with Crippen LogP contribution in [0.25, 0.3) is 0 Å². The number of carbonyl (C=O) groups excluding carboxylic acids is 1. The van der Waals surface area contributed by atoms with Gasteiger partial charge in [-0.05, 0) is 26.0 Å². The van der Waals surface area contributed by atoms with E-state index in [0.717, 1.165) is 12.1 Å². The van der Waals surface area contributed by atoms with E-state index in [-0.39, 0.29) is 18.0 Å². The third-order valence-corrected chi connectivity index (χ3v) is 1.55. The van der Waals surface area contributed by atoms with Gasteiger partial charge < -0.3 is 5.11 Å². The van der Waals surface area contributed by atoms with Crippen molar-refractivity contribution in [3.63, 3.8) is 0 Å². The molecule has 0 aliphatic heterocycles. The second kappa shape index (κ2) is 6.62. The molecule has 0 saturated carbocycles. The van der Waals surface area contributed by atoms with Gasteiger partial charge in [0.05, 0.1) is 4.92 Å². The van der Waals surface area contributed by atoms with Gasteiger partial charge in [-0.2, -0.15) is 4.39 Å². The van der Waals surface area contributed by atoms with Crippen LogP contribution in [0.1, 0.15) is 24.2 Å². The fourth-order valence-corrected chi connectivity index (χ4v) is 0.872. The number of Topliss-reactive ketones (excluding diaryl/α,β-unsaturated/α-hetero) is 1. The number of nitro groups is 1. The average Bonchev–Trinajstić information content (AvgIpc) is 2.18. The predicted molar refractivity (Wildman–Crippen MR) is 55.8 cm³/mol. The van der Waals surface area contributed by atoms with Crippen LogP contribution in [0.5, 0.6) is 0 Å². The number of nitro benzene ring substituents is 1. The van der Waals surface area contributed by atoms with E-state index in [4.69, 9.17) is 5.11 Å². The zero-order valence-electron chi connectivity index (χ0n) is 8.94. The van der Waals surface area contributed by atoms with Gasteiger partial charge in [0.15, 0.2) is 5.78 Å². The number of rotatable bonds is 2. The minimum absolute atomic E-state index is 0.133. The van der Waals surface area contributed by atoms with Crippen molar-refractivity contribution in [3.8, 4) is 0 Å². The van der Waals surface area contributed by atoms with Crippen LogP contribution in [0.2, 0.25) is 0 Å². The van der Waals surface area contributed by atoms with Gasteiger partial charge in [0.25, 0.3) is 0 Å². The van der Waals surface area contributed by atoms with Crippen molar-refractivity contribution in [2.24, 2.45) is 0 Å². The van der Waals surface area contributed by atoms with E-state index in [2.05, 4.69) is 0 Å². The summed E-state index contributed by atoms with van der Waals surface area (Å²) in [4.78, 5) is 20.2. The molecule has 0 fully saturated rings. The van der Waals surface area contributed by atoms with Gasteiger partial charge in [-0.25, -0.2) is 0 Å². The summed E-state index contributed by atoms with van der Waals surface area (Å²) in [6.45, 7) is 3.19. The molecular formula is C10H12FNO4. The highest BCUT2D eigenvalue weighted by molar-refractivity contribution is 5.94. The quantitative estimate of drug-likeness (QED) is 0.477. The predicted octanol–water partition coefficient (Wildman–Crippen LogP) is 1.94. The van der Waals surface area contributed by atoms with Gasteiger partial charge in [0.2, 0.25) is 5.82 Å². The zero-order valence-corrected chi connectivity index (χ0v) is 8.94. The number of halogens is 1. The average molecular weight is 229 g/mol. The van der Waals surface area contributed by atoms with Crippen LogP contribution in [0.3, 0.4) is 0 Å². The third-order valence-electron chi connectivity index (χ3n) is 1.55. The van der Waals surface area contributed by atoms with Crippen LogP contribution >= 0.6 is 0 Å². The third kappa shape index (κ3) is 4.14. The van der Waals surface area contributed by atoms with Crippen molar-refractivity contribution < 1.29 is 19.2 Å². The number of hydrogen-bond donors (Lipinski definition) is 1. The lowest BCUT2D eigenvalue weighted by atomic mass is 10.1. The number of carbonyl (C=O) groups is 1. The largest absolute Gasteiger partial charge is 0.397 e. The Morgan fingerprint density at radius 2 is 2.06 bits per heavy atom. The molecule has 0 spiro atoms. The first-order chi connectivity index (χ1) is 7.43. The Balaban J connectivity index is 0.000000673. The Hall–Kier alpha value is -1.82. The molecule has 0 amide bonds. The zero-order chi connectivity index (χ0) is 12.7. The number of aliphatic hydroxyl groups is 1. The number of benzene rings is 1. The first-order valence-electron chi connectivity index (χ1n) is 4.49. The summed E-state index contributed by atoms with van der Waals surface area (Å²) in [5.74, 6) is -1.27. The van der Waals surface area contributed by atoms with E-state index in [1.165, 1.54) is 13.0 Å². The van der Waals surface area contributed by atoms with E-state index in [0.29, 0.717) is 0 Å². The van der Waals surface area contributed by atoms with Crippen molar-refractivity contribution in [2.75, 3.05) is 6.61 Å². The summed E-state index contributed by atoms with van der Waals surface area (Å²) in [7, 11) is 0. The van der Waals surface area contributed by atoms with Crippen LogP contribution in [-0.4, -0.2) is 22.4 Å². The fraction of sp³-hybridized carbons (Fsp3) is 0.300. The molecule has 88 valence electrons. The first-order valence-corrected chi connectivity index (χ1v) is 4.49. The maximum atomic E-state index is 12.7. The molecule has 1 aromatic carbocycles. The Morgan fingerprint density at radius 1 is 1.56 bits per heavy atom. The Morgan fingerprint density at radius 3 is 2.44 bits per heavy atom. The van der Waals surface area contributed by atoms with Crippen molar-refractivity contribution in [3.05, 3.63) is 39.7 Å². The van der Waals surface area contributed by atoms with Gasteiger partial charge in [0.1, 0.15) is 0 Å². The van der Waals surface area contributed by atoms with Crippen molar-refractivity contribution in [2.45, 2.75) is 13.8 Å². The lowest BCUT2D eigenvalue weighted by Gasteiger charge is -1.96. The summed E-state index contributed by atoms with van der Waals surface area (Å²) < 4.78 is 12.7. The molecular weight excluding hydrogens is 217 g/mol. The summed E-state index contributed by atoms with van der Waals surface area (Å²) in [6, 6.07) is 3.05. The van der Waals surface area contributed by atoms with Gasteiger partial charge in [0, 0.05) is 18.2 Å². The molecule has 5 nitrogen and oxygen atoms in total. The lowest BCUT2D eigenvalue weighted by Crippen LogP contribution is -1.97. The second-order valence-corrected chi connectivity index (χ2v) is 2.80. The highest BCUT2D eigenvalue weighted by Crippen LogP contribution is 2.18. The standard InChI is InChI=1S/C8H6FNO3.C2H6O/c1-5(11)6-2-3-7(9)8(4-6)10(12)13;1-2-3/h2-4H,1H3;3H,2H2,1H3. The molecule has 1 aromatic rings. The molecule has 1 rings (SSSR count). The monoisotopic (exact) mass is 229 g/mol. The molecule has 0 aromatic heterocycles. The summed E-state index contributed by atoms with van der Waals surface area (Å²) in [6.07, 6.45) is 0. The molecule has 0 heterocycles. The SMILES string of the molecule is CC(=O)c1ccc(F)c([N+](=O)[O-])c1.CCO. The van der Waals surface area contributed by atoms with Gasteiger partial charge in [-0.1, -0.05) is 0 Å². The maximum absolute atomic E-state index is 12.7. The molecule has 0 atom stereocenters. The maximum Gasteiger partial charge on any atom is 0.305 e. The highest BCUT2D eigenvalue weighted by Gasteiger charge is 2.15. The molecule has 0 unspecified atom stereocenters. The summed E-state index contributed by atoms with van der Waals surface area (Å²) in [5, 5.41) is 17.8. The molecule has 6 heteroatoms. The van der Waals surface area contributed by atoms with Gasteiger partial charge >= 0.3 is 5.69 Å². The van der Waals surface area contributed by atoms with Crippen LogP contribution in [-0.2, 0) is 0 Å². The van der Waals surface area contributed by atoms with Crippen molar-refractivity contribution >= 4 is 11.5 Å². The Bertz CT molecular complexity index is 392. The number of ketones is 1. The number of aliphatic hydroxyl groups excluding tert-OH is 1. The topological polar surface area (TPSA) is 80.4 Å². The highest BCUT2D eigenvalue weighted by atomic mass is 19.1. The molecule has 1 N–H and O–H groups in total. The second-order valence-electron chi connectivity index (χ2n) is 2.80. The smallest absolute Gasteiger partial charge is 0.305 e. The van der Waals surface area contributed by atoms with Crippen LogP contribution in [0, 0.1) is 15.9 Å². The van der Waals surface area contributed by atoms with Crippen molar-refractivity contribution in [1.82, 2.24) is 0 Å². The molecule has 0 aliphatic rings. The Labute approximate surface area is 91.7 Å². The van der Waals surface area contributed by atoms with E-state index >= 15 is 0 Å². The summed E-state index contributed by atoms with van der Waals surface area (Å²) in [5.41, 5.74) is -0.541. The van der Waals surface area contributed by atoms with E-state index in [1.807, 2.05) is 0 Å². The first kappa shape index (κ1) is 14.2. The van der Waals surface area contributed by atoms with E-state index in [1.54, 1.807) is 6.92 Å². The van der Waals surface area contributed by atoms with Gasteiger partial charge in [-0.3, -0.25) is 14.9 Å². The molecule has 0 aliphatic carbocycles. The molecule has 16 heavy (non-hydrogen) atoms. The minimum Gasteiger partial charge on any atom is -0.397 e.